The van der Waals surface area contributed by atoms with Gasteiger partial charge in [-0.1, -0.05) is 6.92 Å². The lowest BCUT2D eigenvalue weighted by molar-refractivity contribution is -0.126. The van der Waals surface area contributed by atoms with Crippen molar-refractivity contribution in [2.24, 2.45) is 11.8 Å². The summed E-state index contributed by atoms with van der Waals surface area (Å²) in [6.45, 7) is 5.74. The van der Waals surface area contributed by atoms with Gasteiger partial charge in [-0.25, -0.2) is 0 Å². The molecule has 0 saturated heterocycles. The van der Waals surface area contributed by atoms with Crippen LogP contribution in [0.15, 0.2) is 0 Å². The van der Waals surface area contributed by atoms with E-state index in [0.717, 1.165) is 44.8 Å². The average Bonchev–Trinajstić information content (AvgIpc) is 2.11. The van der Waals surface area contributed by atoms with Crippen molar-refractivity contribution in [3.05, 3.63) is 0 Å². The monoisotopic (exact) mass is 184 g/mol. The third kappa shape index (κ3) is 3.47. The predicted octanol–water partition coefficient (Wildman–Crippen LogP) is 2.42. The first-order chi connectivity index (χ1) is 6.24. The molecule has 0 spiro atoms. The molecule has 2 nitrogen and oxygen atoms in total. The zero-order valence-corrected chi connectivity index (χ0v) is 8.71. The van der Waals surface area contributed by atoms with E-state index in [1.807, 2.05) is 6.92 Å². The van der Waals surface area contributed by atoms with Gasteiger partial charge in [-0.2, -0.15) is 0 Å². The summed E-state index contributed by atoms with van der Waals surface area (Å²) >= 11 is 0. The van der Waals surface area contributed by atoms with Gasteiger partial charge in [0.15, 0.2) is 0 Å². The fraction of sp³-hybridized carbons (Fsp3) is 0.909. The molecule has 0 aromatic carbocycles. The smallest absolute Gasteiger partial charge is 0.136 e. The van der Waals surface area contributed by atoms with Crippen LogP contribution in [0.25, 0.3) is 0 Å². The van der Waals surface area contributed by atoms with Crippen molar-refractivity contribution in [1.82, 2.24) is 0 Å². The van der Waals surface area contributed by atoms with Crippen molar-refractivity contribution < 1.29 is 9.53 Å². The minimum atomic E-state index is 0.287. The Hall–Kier alpha value is -0.370. The number of carbonyl (C=O) groups excluding carboxylic acids is 1. The summed E-state index contributed by atoms with van der Waals surface area (Å²) in [6, 6.07) is 0. The second-order valence-corrected chi connectivity index (χ2v) is 4.03. The number of rotatable bonds is 4. The Balaban J connectivity index is 2.25. The molecule has 0 bridgehead atoms. The SMILES string of the molecule is CCOCCC1CC(C)CCC1=O. The van der Waals surface area contributed by atoms with Crippen LogP contribution in [0.5, 0.6) is 0 Å². The number of Topliss-reactive ketones (excluding diaryl/α,β-unsaturated/α-hetero) is 1. The maximum absolute atomic E-state index is 11.5. The van der Waals surface area contributed by atoms with Gasteiger partial charge in [0.1, 0.15) is 5.78 Å². The first-order valence-electron chi connectivity index (χ1n) is 5.34. The summed E-state index contributed by atoms with van der Waals surface area (Å²) in [4.78, 5) is 11.5. The maximum atomic E-state index is 11.5. The van der Waals surface area contributed by atoms with E-state index in [1.54, 1.807) is 0 Å². The summed E-state index contributed by atoms with van der Waals surface area (Å²) in [6.07, 6.45) is 3.88. The van der Waals surface area contributed by atoms with Crippen molar-refractivity contribution in [2.75, 3.05) is 13.2 Å². The molecule has 1 aliphatic rings. The Labute approximate surface area is 80.7 Å². The fourth-order valence-electron chi connectivity index (χ4n) is 1.98. The Morgan fingerprint density at radius 3 is 3.00 bits per heavy atom. The molecule has 2 unspecified atom stereocenters. The lowest BCUT2D eigenvalue weighted by Crippen LogP contribution is -2.24. The average molecular weight is 184 g/mol. The van der Waals surface area contributed by atoms with Gasteiger partial charge in [0.05, 0.1) is 0 Å². The van der Waals surface area contributed by atoms with Crippen LogP contribution in [0.2, 0.25) is 0 Å². The van der Waals surface area contributed by atoms with Crippen LogP contribution in [0, 0.1) is 11.8 Å². The van der Waals surface area contributed by atoms with Gasteiger partial charge in [-0.3, -0.25) is 4.79 Å². The van der Waals surface area contributed by atoms with Crippen LogP contribution in [0.3, 0.4) is 0 Å². The summed E-state index contributed by atoms with van der Waals surface area (Å²) < 4.78 is 5.27. The van der Waals surface area contributed by atoms with Crippen molar-refractivity contribution in [3.63, 3.8) is 0 Å². The van der Waals surface area contributed by atoms with Crippen LogP contribution >= 0.6 is 0 Å². The van der Waals surface area contributed by atoms with Crippen molar-refractivity contribution in [3.8, 4) is 0 Å². The Kier molecular flexibility index (Phi) is 4.43. The molecule has 1 fully saturated rings. The molecule has 13 heavy (non-hydrogen) atoms. The fourth-order valence-corrected chi connectivity index (χ4v) is 1.98. The van der Waals surface area contributed by atoms with E-state index in [9.17, 15) is 4.79 Å². The molecule has 1 aliphatic carbocycles. The zero-order valence-electron chi connectivity index (χ0n) is 8.71. The van der Waals surface area contributed by atoms with Crippen molar-refractivity contribution in [1.29, 1.82) is 0 Å². The Morgan fingerprint density at radius 2 is 2.31 bits per heavy atom. The van der Waals surface area contributed by atoms with E-state index < -0.39 is 0 Å². The summed E-state index contributed by atoms with van der Waals surface area (Å²) in [5, 5.41) is 0. The van der Waals surface area contributed by atoms with E-state index in [-0.39, 0.29) is 5.92 Å². The van der Waals surface area contributed by atoms with Gasteiger partial charge in [0.25, 0.3) is 0 Å². The molecule has 0 radical (unpaired) electrons. The summed E-state index contributed by atoms with van der Waals surface area (Å²) in [5.74, 6) is 1.47. The number of carbonyl (C=O) groups is 1. The first-order valence-corrected chi connectivity index (χ1v) is 5.34. The highest BCUT2D eigenvalue weighted by Gasteiger charge is 2.25. The van der Waals surface area contributed by atoms with Gasteiger partial charge in [0, 0.05) is 25.6 Å². The molecule has 0 heterocycles. The number of ketones is 1. The molecule has 2 atom stereocenters. The number of hydrogen-bond acceptors (Lipinski definition) is 2. The van der Waals surface area contributed by atoms with Crippen LogP contribution in [-0.2, 0) is 9.53 Å². The topological polar surface area (TPSA) is 26.3 Å². The predicted molar refractivity (Wildman–Crippen MR) is 52.6 cm³/mol. The Bertz CT molecular complexity index is 165. The van der Waals surface area contributed by atoms with Crippen molar-refractivity contribution in [2.45, 2.75) is 39.5 Å². The molecule has 0 aromatic heterocycles. The number of hydrogen-bond donors (Lipinski definition) is 0. The molecule has 1 rings (SSSR count). The van der Waals surface area contributed by atoms with E-state index >= 15 is 0 Å². The summed E-state index contributed by atoms with van der Waals surface area (Å²) in [5.41, 5.74) is 0. The second-order valence-electron chi connectivity index (χ2n) is 4.03. The van der Waals surface area contributed by atoms with Gasteiger partial charge in [-0.15, -0.1) is 0 Å². The molecule has 0 aromatic rings. The first kappa shape index (κ1) is 10.7. The highest BCUT2D eigenvalue weighted by Crippen LogP contribution is 2.27. The van der Waals surface area contributed by atoms with Gasteiger partial charge in [0.2, 0.25) is 0 Å². The zero-order chi connectivity index (χ0) is 9.68. The highest BCUT2D eigenvalue weighted by atomic mass is 16.5. The number of ether oxygens (including phenoxy) is 1. The molecule has 0 aliphatic heterocycles. The van der Waals surface area contributed by atoms with E-state index in [4.69, 9.17) is 4.74 Å². The second kappa shape index (κ2) is 5.38. The van der Waals surface area contributed by atoms with Crippen LogP contribution < -0.4 is 0 Å². The van der Waals surface area contributed by atoms with Crippen LogP contribution in [-0.4, -0.2) is 19.0 Å². The molecule has 0 N–H and O–H groups in total. The van der Waals surface area contributed by atoms with E-state index in [2.05, 4.69) is 6.92 Å². The van der Waals surface area contributed by atoms with Crippen molar-refractivity contribution >= 4 is 5.78 Å². The molecular weight excluding hydrogens is 164 g/mol. The lowest BCUT2D eigenvalue weighted by atomic mass is 9.80. The highest BCUT2D eigenvalue weighted by molar-refractivity contribution is 5.81. The third-order valence-electron chi connectivity index (χ3n) is 2.84. The Morgan fingerprint density at radius 1 is 1.54 bits per heavy atom. The van der Waals surface area contributed by atoms with Crippen LogP contribution in [0.1, 0.15) is 39.5 Å². The molecule has 0 amide bonds. The van der Waals surface area contributed by atoms with Crippen LogP contribution in [0.4, 0.5) is 0 Å². The maximum Gasteiger partial charge on any atom is 0.136 e. The van der Waals surface area contributed by atoms with E-state index in [0.29, 0.717) is 5.78 Å². The molecule has 76 valence electrons. The normalized spacial score (nSPS) is 29.2. The quantitative estimate of drug-likeness (QED) is 0.627. The molecule has 1 saturated carbocycles. The van der Waals surface area contributed by atoms with E-state index in [1.165, 1.54) is 0 Å². The third-order valence-corrected chi connectivity index (χ3v) is 2.84. The molecule has 2 heteroatoms. The summed E-state index contributed by atoms with van der Waals surface area (Å²) in [7, 11) is 0. The lowest BCUT2D eigenvalue weighted by Gasteiger charge is -2.25. The largest absolute Gasteiger partial charge is 0.382 e. The minimum absolute atomic E-state index is 0.287. The molecular formula is C11H20O2. The van der Waals surface area contributed by atoms with Gasteiger partial charge >= 0.3 is 0 Å². The van der Waals surface area contributed by atoms with Gasteiger partial charge < -0.3 is 4.74 Å². The minimum Gasteiger partial charge on any atom is -0.382 e. The van der Waals surface area contributed by atoms with Gasteiger partial charge in [-0.05, 0) is 32.1 Å². The standard InChI is InChI=1S/C11H20O2/c1-3-13-7-6-10-8-9(2)4-5-11(10)12/h9-10H,3-8H2,1-2H3.